The van der Waals surface area contributed by atoms with Crippen LogP contribution < -0.4 is 11.5 Å². The first-order valence-corrected chi connectivity index (χ1v) is 2.05. The van der Waals surface area contributed by atoms with E-state index in [1.165, 1.54) is 0 Å². The molecule has 7 heteroatoms. The van der Waals surface area contributed by atoms with Gasteiger partial charge in [0, 0.05) is 0 Å². The summed E-state index contributed by atoms with van der Waals surface area (Å²) in [7, 11) is 0. The van der Waals surface area contributed by atoms with Crippen LogP contribution in [0.5, 0.6) is 0 Å². The molecule has 0 unspecified atom stereocenters. The zero-order chi connectivity index (χ0) is 8.15. The fourth-order valence-electron chi connectivity index (χ4n) is 0.204. The molecule has 10 heavy (non-hydrogen) atoms. The molecule has 0 rings (SSSR count). The van der Waals surface area contributed by atoms with Crippen LogP contribution in [-0.2, 0) is 9.47 Å². The summed E-state index contributed by atoms with van der Waals surface area (Å²) in [6.45, 7) is 0. The van der Waals surface area contributed by atoms with Gasteiger partial charge in [0.05, 0.1) is 0 Å². The highest BCUT2D eigenvalue weighted by molar-refractivity contribution is 5.87. The molecule has 56 valence electrons. The number of primary amides is 2. The molecule has 0 radical (unpaired) electrons. The zero-order valence-electron chi connectivity index (χ0n) is 4.79. The Hall–Kier alpha value is -1.79. The van der Waals surface area contributed by atoms with E-state index in [0.29, 0.717) is 0 Å². The highest BCUT2D eigenvalue weighted by atomic mass is 16.7. The predicted molar refractivity (Wildman–Crippen MR) is 29.1 cm³/mol. The predicted octanol–water partition coefficient (Wildman–Crippen LogP) is -0.888. The summed E-state index contributed by atoms with van der Waals surface area (Å²) in [5, 5.41) is 6.50. The smallest absolute Gasteiger partial charge is 0.361 e. The van der Waals surface area contributed by atoms with Gasteiger partial charge < -0.3 is 20.9 Å². The fourth-order valence-corrected chi connectivity index (χ4v) is 0.204. The van der Waals surface area contributed by atoms with Gasteiger partial charge in [-0.05, 0) is 0 Å². The lowest BCUT2D eigenvalue weighted by molar-refractivity contribution is 0.170. The van der Waals surface area contributed by atoms with Crippen molar-refractivity contribution in [3.05, 3.63) is 0 Å². The van der Waals surface area contributed by atoms with Crippen molar-refractivity contribution in [2.24, 2.45) is 11.5 Å². The van der Waals surface area contributed by atoms with Gasteiger partial charge in [-0.3, -0.25) is 0 Å². The van der Waals surface area contributed by atoms with Gasteiger partial charge in [-0.2, -0.15) is 0 Å². The second-order valence-electron chi connectivity index (χ2n) is 1.13. The SMILES string of the molecule is N=C(OC(N)=O)OC(N)=O. The third-order valence-corrected chi connectivity index (χ3v) is 0.387. The van der Waals surface area contributed by atoms with E-state index in [4.69, 9.17) is 5.41 Å². The van der Waals surface area contributed by atoms with E-state index in [9.17, 15) is 9.59 Å². The maximum atomic E-state index is 9.82. The lowest BCUT2D eigenvalue weighted by Gasteiger charge is -1.98. The van der Waals surface area contributed by atoms with Crippen molar-refractivity contribution in [3.8, 4) is 0 Å². The zero-order valence-corrected chi connectivity index (χ0v) is 4.79. The first-order chi connectivity index (χ1) is 4.52. The first kappa shape index (κ1) is 8.21. The van der Waals surface area contributed by atoms with Gasteiger partial charge in [0.15, 0.2) is 0 Å². The number of hydrogen-bond acceptors (Lipinski definition) is 5. The molecule has 0 aliphatic rings. The Morgan fingerprint density at radius 2 is 1.40 bits per heavy atom. The molecular formula is C3H5N3O4. The largest absolute Gasteiger partial charge is 0.413 e. The van der Waals surface area contributed by atoms with Crippen molar-refractivity contribution >= 4 is 18.3 Å². The van der Waals surface area contributed by atoms with Crippen molar-refractivity contribution < 1.29 is 19.1 Å². The Labute approximate surface area is 55.4 Å². The van der Waals surface area contributed by atoms with E-state index in [-0.39, 0.29) is 0 Å². The minimum Gasteiger partial charge on any atom is -0.361 e. The third-order valence-electron chi connectivity index (χ3n) is 0.387. The van der Waals surface area contributed by atoms with Crippen LogP contribution >= 0.6 is 0 Å². The van der Waals surface area contributed by atoms with Crippen LogP contribution in [0.25, 0.3) is 0 Å². The highest BCUT2D eigenvalue weighted by Gasteiger charge is 2.05. The normalized spacial score (nSPS) is 8.00. The van der Waals surface area contributed by atoms with Gasteiger partial charge >= 0.3 is 18.3 Å². The summed E-state index contributed by atoms with van der Waals surface area (Å²) in [4.78, 5) is 19.6. The average Bonchev–Trinajstić information content (AvgIpc) is 1.58. The molecule has 0 heterocycles. The van der Waals surface area contributed by atoms with Crippen molar-refractivity contribution in [1.82, 2.24) is 0 Å². The van der Waals surface area contributed by atoms with Gasteiger partial charge in [-0.15, -0.1) is 0 Å². The summed E-state index contributed by atoms with van der Waals surface area (Å²) in [5.74, 6) is 0. The molecule has 0 aliphatic carbocycles. The molecule has 0 aliphatic heterocycles. The van der Waals surface area contributed by atoms with Gasteiger partial charge in [-0.1, -0.05) is 0 Å². The molecule has 0 aromatic heterocycles. The molecule has 7 nitrogen and oxygen atoms in total. The highest BCUT2D eigenvalue weighted by Crippen LogP contribution is 1.80. The molecular weight excluding hydrogens is 142 g/mol. The number of ether oxygens (including phenoxy) is 2. The Kier molecular flexibility index (Phi) is 2.69. The summed E-state index contributed by atoms with van der Waals surface area (Å²) in [5.41, 5.74) is 8.87. The molecule has 0 fully saturated rings. The standard InChI is InChI=1S/C3H5N3O4/c4-1(7)9-3(6)10-2(5)8/h6H,(H2,4,7)(H2,5,8). The molecule has 5 N–H and O–H groups in total. The minimum atomic E-state index is -1.24. The number of nitrogens with two attached hydrogens (primary N) is 2. The average molecular weight is 147 g/mol. The molecule has 2 amide bonds. The fraction of sp³-hybridized carbons (Fsp3) is 0. The van der Waals surface area contributed by atoms with Crippen molar-refractivity contribution in [1.29, 1.82) is 5.41 Å². The summed E-state index contributed by atoms with van der Waals surface area (Å²) in [6, 6.07) is 0. The molecule has 0 bridgehead atoms. The number of carbonyl (C=O) groups is 2. The lowest BCUT2D eigenvalue weighted by atomic mass is 11.1. The minimum absolute atomic E-state index is 1.04. The topological polar surface area (TPSA) is 128 Å². The number of amides is 2. The van der Waals surface area contributed by atoms with Gasteiger partial charge in [0.25, 0.3) is 0 Å². The van der Waals surface area contributed by atoms with Crippen LogP contribution in [0, 0.1) is 5.41 Å². The Bertz CT molecular complexity index is 159. The molecule has 0 spiro atoms. The number of carbonyl (C=O) groups excluding carboxylic acids is 2. The van der Waals surface area contributed by atoms with Crippen LogP contribution in [0.3, 0.4) is 0 Å². The van der Waals surface area contributed by atoms with Crippen LogP contribution in [-0.4, -0.2) is 18.3 Å². The van der Waals surface area contributed by atoms with Crippen molar-refractivity contribution in [3.63, 3.8) is 0 Å². The third kappa shape index (κ3) is 4.37. The molecule has 0 saturated carbocycles. The van der Waals surface area contributed by atoms with E-state index >= 15 is 0 Å². The second-order valence-corrected chi connectivity index (χ2v) is 1.13. The maximum Gasteiger partial charge on any atom is 0.413 e. The number of nitrogens with one attached hydrogen (secondary N) is 1. The monoisotopic (exact) mass is 147 g/mol. The van der Waals surface area contributed by atoms with E-state index in [1.54, 1.807) is 0 Å². The summed E-state index contributed by atoms with van der Waals surface area (Å²) in [6.07, 6.45) is -3.53. The summed E-state index contributed by atoms with van der Waals surface area (Å²) >= 11 is 0. The van der Waals surface area contributed by atoms with Crippen LogP contribution in [0.15, 0.2) is 0 Å². The van der Waals surface area contributed by atoms with E-state index in [2.05, 4.69) is 20.9 Å². The quantitative estimate of drug-likeness (QED) is 0.303. The Morgan fingerprint density at radius 3 is 1.60 bits per heavy atom. The first-order valence-electron chi connectivity index (χ1n) is 2.05. The number of rotatable bonds is 0. The molecule has 0 aromatic carbocycles. The molecule has 0 aromatic rings. The van der Waals surface area contributed by atoms with E-state index in [0.717, 1.165) is 0 Å². The van der Waals surface area contributed by atoms with Crippen LogP contribution in [0.2, 0.25) is 0 Å². The van der Waals surface area contributed by atoms with Crippen LogP contribution in [0.1, 0.15) is 0 Å². The molecule has 0 saturated heterocycles. The van der Waals surface area contributed by atoms with Crippen molar-refractivity contribution in [2.45, 2.75) is 0 Å². The Balaban J connectivity index is 3.65. The summed E-state index contributed by atoms with van der Waals surface area (Å²) < 4.78 is 7.52. The lowest BCUT2D eigenvalue weighted by Crippen LogP contribution is -2.24. The van der Waals surface area contributed by atoms with E-state index in [1.807, 2.05) is 0 Å². The molecule has 0 atom stereocenters. The van der Waals surface area contributed by atoms with Gasteiger partial charge in [0.1, 0.15) is 0 Å². The second kappa shape index (κ2) is 3.28. The van der Waals surface area contributed by atoms with Gasteiger partial charge in [0.2, 0.25) is 0 Å². The number of hydrogen-bond donors (Lipinski definition) is 3. The van der Waals surface area contributed by atoms with Crippen LogP contribution in [0.4, 0.5) is 9.59 Å². The Morgan fingerprint density at radius 1 is 1.10 bits per heavy atom. The maximum absolute atomic E-state index is 9.82. The van der Waals surface area contributed by atoms with E-state index < -0.39 is 18.3 Å². The van der Waals surface area contributed by atoms with Gasteiger partial charge in [-0.25, -0.2) is 15.0 Å². The van der Waals surface area contributed by atoms with Crippen molar-refractivity contribution in [2.75, 3.05) is 0 Å².